The highest BCUT2D eigenvalue weighted by Crippen LogP contribution is 2.03. The van der Waals surface area contributed by atoms with Gasteiger partial charge in [0.15, 0.2) is 0 Å². The van der Waals surface area contributed by atoms with Crippen molar-refractivity contribution in [3.8, 4) is 0 Å². The zero-order chi connectivity index (χ0) is 14.1. The average Bonchev–Trinajstić information content (AvgIpc) is 2.71. The second-order valence-electron chi connectivity index (χ2n) is 4.23. The van der Waals surface area contributed by atoms with E-state index < -0.39 is 0 Å². The van der Waals surface area contributed by atoms with Gasteiger partial charge in [-0.05, 0) is 6.42 Å². The van der Waals surface area contributed by atoms with E-state index in [0.29, 0.717) is 19.8 Å². The first-order valence-corrected chi connectivity index (χ1v) is 6.53. The highest BCUT2D eigenvalue weighted by molar-refractivity contribution is 6.13. The third-order valence-corrected chi connectivity index (χ3v) is 2.67. The molecule has 0 aromatic carbocycles. The molecule has 0 radical (unpaired) electrons. The molecule has 0 aromatic rings. The number of amides is 3. The minimum absolute atomic E-state index is 0.118. The van der Waals surface area contributed by atoms with Crippen molar-refractivity contribution in [3.63, 3.8) is 0 Å². The molecule has 0 aliphatic carbocycles. The van der Waals surface area contributed by atoms with Crippen LogP contribution >= 0.6 is 0 Å². The number of nitrogens with zero attached hydrogens (tertiary/aromatic N) is 1. The maximum Gasteiger partial charge on any atom is 0.253 e. The third kappa shape index (κ3) is 5.65. The van der Waals surface area contributed by atoms with E-state index in [-0.39, 0.29) is 30.7 Å². The lowest BCUT2D eigenvalue weighted by Gasteiger charge is -2.13. The predicted octanol–water partition coefficient (Wildman–Crippen LogP) is 0.234. The quantitative estimate of drug-likeness (QED) is 0.480. The Labute approximate surface area is 112 Å². The Morgan fingerprint density at radius 3 is 2.58 bits per heavy atom. The normalized spacial score (nSPS) is 14.3. The number of hydrogen-bond acceptors (Lipinski definition) is 4. The predicted molar refractivity (Wildman–Crippen MR) is 69.2 cm³/mol. The van der Waals surface area contributed by atoms with Gasteiger partial charge in [-0.3, -0.25) is 19.3 Å². The minimum atomic E-state index is -0.360. The number of unbranched alkanes of at least 4 members (excludes halogenated alkanes) is 1. The number of ether oxygens (including phenoxy) is 1. The van der Waals surface area contributed by atoms with E-state index >= 15 is 0 Å². The molecular formula is C13H20N2O4. The zero-order valence-corrected chi connectivity index (χ0v) is 11.2. The Balaban J connectivity index is 2.05. The van der Waals surface area contributed by atoms with Crippen LogP contribution in [0.25, 0.3) is 0 Å². The highest BCUT2D eigenvalue weighted by Gasteiger charge is 2.23. The molecule has 0 fully saturated rings. The van der Waals surface area contributed by atoms with Gasteiger partial charge in [-0.15, -0.1) is 0 Å². The van der Waals surface area contributed by atoms with Crippen molar-refractivity contribution in [1.82, 2.24) is 10.2 Å². The molecule has 106 valence electrons. The average molecular weight is 268 g/mol. The van der Waals surface area contributed by atoms with Gasteiger partial charge in [0, 0.05) is 38.3 Å². The van der Waals surface area contributed by atoms with Gasteiger partial charge in [0.1, 0.15) is 0 Å². The summed E-state index contributed by atoms with van der Waals surface area (Å²) in [5.41, 5.74) is 0. The van der Waals surface area contributed by atoms with Crippen LogP contribution in [0.5, 0.6) is 0 Å². The fourth-order valence-corrected chi connectivity index (χ4v) is 1.56. The number of nitrogens with one attached hydrogen (secondary N) is 1. The monoisotopic (exact) mass is 268 g/mol. The van der Waals surface area contributed by atoms with Crippen LogP contribution in [-0.2, 0) is 19.1 Å². The van der Waals surface area contributed by atoms with Crippen molar-refractivity contribution in [1.29, 1.82) is 0 Å². The number of hydrogen-bond donors (Lipinski definition) is 1. The van der Waals surface area contributed by atoms with Gasteiger partial charge in [0.2, 0.25) is 5.91 Å². The molecule has 0 saturated carbocycles. The Bertz CT molecular complexity index is 348. The summed E-state index contributed by atoms with van der Waals surface area (Å²) in [6, 6.07) is 0. The summed E-state index contributed by atoms with van der Waals surface area (Å²) in [6.07, 6.45) is 4.64. The van der Waals surface area contributed by atoms with Gasteiger partial charge < -0.3 is 10.1 Å². The van der Waals surface area contributed by atoms with E-state index in [9.17, 15) is 14.4 Å². The SMILES string of the molecule is CCCCOCCNC(=O)CCN1C(=O)C=CC1=O. The van der Waals surface area contributed by atoms with Crippen LogP contribution < -0.4 is 5.32 Å². The highest BCUT2D eigenvalue weighted by atomic mass is 16.5. The van der Waals surface area contributed by atoms with Crippen LogP contribution in [0.3, 0.4) is 0 Å². The maximum atomic E-state index is 11.5. The van der Waals surface area contributed by atoms with Crippen LogP contribution in [0.2, 0.25) is 0 Å². The summed E-state index contributed by atoms with van der Waals surface area (Å²) in [4.78, 5) is 35.0. The van der Waals surface area contributed by atoms with Crippen LogP contribution in [0.4, 0.5) is 0 Å². The van der Waals surface area contributed by atoms with Gasteiger partial charge in [-0.1, -0.05) is 13.3 Å². The number of imide groups is 1. The van der Waals surface area contributed by atoms with Crippen molar-refractivity contribution >= 4 is 17.7 Å². The fourth-order valence-electron chi connectivity index (χ4n) is 1.56. The lowest BCUT2D eigenvalue weighted by Crippen LogP contribution is -2.35. The van der Waals surface area contributed by atoms with E-state index in [0.717, 1.165) is 17.7 Å². The molecular weight excluding hydrogens is 248 g/mol. The summed E-state index contributed by atoms with van der Waals surface area (Å²) >= 11 is 0. The standard InChI is InChI=1S/C13H20N2O4/c1-2-3-9-19-10-7-14-11(16)6-8-15-12(17)4-5-13(15)18/h4-5H,2-3,6-10H2,1H3,(H,14,16). The lowest BCUT2D eigenvalue weighted by molar-refractivity contribution is -0.137. The molecule has 0 unspecified atom stereocenters. The molecule has 0 bridgehead atoms. The summed E-state index contributed by atoms with van der Waals surface area (Å²) in [5.74, 6) is -0.909. The Morgan fingerprint density at radius 1 is 1.26 bits per heavy atom. The Hall–Kier alpha value is -1.69. The van der Waals surface area contributed by atoms with Crippen molar-refractivity contribution in [3.05, 3.63) is 12.2 Å². The largest absolute Gasteiger partial charge is 0.380 e. The van der Waals surface area contributed by atoms with Gasteiger partial charge in [0.05, 0.1) is 6.61 Å². The molecule has 19 heavy (non-hydrogen) atoms. The van der Waals surface area contributed by atoms with Gasteiger partial charge in [-0.2, -0.15) is 0 Å². The Morgan fingerprint density at radius 2 is 1.95 bits per heavy atom. The third-order valence-electron chi connectivity index (χ3n) is 2.67. The maximum absolute atomic E-state index is 11.5. The topological polar surface area (TPSA) is 75.7 Å². The lowest BCUT2D eigenvalue weighted by atomic mass is 10.3. The first-order chi connectivity index (χ1) is 9.15. The van der Waals surface area contributed by atoms with Crippen LogP contribution in [0.1, 0.15) is 26.2 Å². The number of carbonyl (C=O) groups is 3. The smallest absolute Gasteiger partial charge is 0.253 e. The van der Waals surface area contributed by atoms with E-state index in [1.54, 1.807) is 0 Å². The number of carbonyl (C=O) groups excluding carboxylic acids is 3. The molecule has 1 heterocycles. The molecule has 1 aliphatic heterocycles. The summed E-state index contributed by atoms with van der Waals surface area (Å²) in [7, 11) is 0. The number of rotatable bonds is 9. The molecule has 0 saturated heterocycles. The molecule has 1 N–H and O–H groups in total. The van der Waals surface area contributed by atoms with Crippen LogP contribution in [-0.4, -0.2) is 48.9 Å². The van der Waals surface area contributed by atoms with Crippen molar-refractivity contribution < 1.29 is 19.1 Å². The molecule has 1 rings (SSSR count). The summed E-state index contributed by atoms with van der Waals surface area (Å²) < 4.78 is 5.29. The minimum Gasteiger partial charge on any atom is -0.380 e. The van der Waals surface area contributed by atoms with E-state index in [1.165, 1.54) is 12.2 Å². The molecule has 0 aromatic heterocycles. The summed E-state index contributed by atoms with van der Waals surface area (Å²) in [6.45, 7) is 3.83. The molecule has 1 aliphatic rings. The Kier molecular flexibility index (Phi) is 6.81. The van der Waals surface area contributed by atoms with Gasteiger partial charge >= 0.3 is 0 Å². The van der Waals surface area contributed by atoms with Gasteiger partial charge in [0.25, 0.3) is 11.8 Å². The van der Waals surface area contributed by atoms with Crippen molar-refractivity contribution in [2.24, 2.45) is 0 Å². The van der Waals surface area contributed by atoms with E-state index in [2.05, 4.69) is 12.2 Å². The second kappa shape index (κ2) is 8.42. The van der Waals surface area contributed by atoms with Crippen LogP contribution in [0, 0.1) is 0 Å². The first-order valence-electron chi connectivity index (χ1n) is 6.53. The zero-order valence-electron chi connectivity index (χ0n) is 11.2. The molecule has 3 amide bonds. The summed E-state index contributed by atoms with van der Waals surface area (Å²) in [5, 5.41) is 2.68. The van der Waals surface area contributed by atoms with Crippen molar-refractivity contribution in [2.75, 3.05) is 26.3 Å². The van der Waals surface area contributed by atoms with Gasteiger partial charge in [-0.25, -0.2) is 0 Å². The molecule has 0 atom stereocenters. The fraction of sp³-hybridized carbons (Fsp3) is 0.615. The molecule has 6 nitrogen and oxygen atoms in total. The van der Waals surface area contributed by atoms with E-state index in [1.807, 2.05) is 0 Å². The van der Waals surface area contributed by atoms with Crippen LogP contribution in [0.15, 0.2) is 12.2 Å². The van der Waals surface area contributed by atoms with Crippen molar-refractivity contribution in [2.45, 2.75) is 26.2 Å². The van der Waals surface area contributed by atoms with E-state index in [4.69, 9.17) is 4.74 Å². The molecule has 0 spiro atoms. The second-order valence-corrected chi connectivity index (χ2v) is 4.23. The first kappa shape index (κ1) is 15.4. The molecule has 6 heteroatoms.